The third-order valence-electron chi connectivity index (χ3n) is 3.47. The van der Waals surface area contributed by atoms with Crippen LogP contribution in [0.3, 0.4) is 0 Å². The van der Waals surface area contributed by atoms with Crippen molar-refractivity contribution in [2.45, 2.75) is 6.54 Å². The van der Waals surface area contributed by atoms with Crippen LogP contribution < -0.4 is 10.1 Å². The van der Waals surface area contributed by atoms with Crippen molar-refractivity contribution in [3.8, 4) is 11.6 Å². The fourth-order valence-corrected chi connectivity index (χ4v) is 2.20. The number of nitrogens with zero attached hydrogens (tertiary/aromatic N) is 2. The van der Waals surface area contributed by atoms with Gasteiger partial charge in [-0.25, -0.2) is 13.8 Å². The van der Waals surface area contributed by atoms with Crippen molar-refractivity contribution in [3.05, 3.63) is 88.1 Å². The number of nitro groups is 1. The van der Waals surface area contributed by atoms with E-state index in [0.29, 0.717) is 11.6 Å². The van der Waals surface area contributed by atoms with E-state index in [1.807, 2.05) is 0 Å². The van der Waals surface area contributed by atoms with Crippen molar-refractivity contribution in [1.82, 2.24) is 4.98 Å². The molecule has 6 nitrogen and oxygen atoms in total. The molecule has 0 atom stereocenters. The zero-order chi connectivity index (χ0) is 18.5. The second kappa shape index (κ2) is 7.56. The molecule has 3 aromatic rings. The Morgan fingerprint density at radius 1 is 1.04 bits per heavy atom. The van der Waals surface area contributed by atoms with Crippen LogP contribution in [0.15, 0.2) is 60.8 Å². The topological polar surface area (TPSA) is 77.3 Å². The molecule has 0 unspecified atom stereocenters. The molecule has 0 radical (unpaired) electrons. The van der Waals surface area contributed by atoms with Crippen molar-refractivity contribution < 1.29 is 18.4 Å². The van der Waals surface area contributed by atoms with E-state index >= 15 is 0 Å². The second-order valence-corrected chi connectivity index (χ2v) is 5.33. The van der Waals surface area contributed by atoms with Crippen LogP contribution in [0.5, 0.6) is 11.6 Å². The largest absolute Gasteiger partial charge is 0.439 e. The summed E-state index contributed by atoms with van der Waals surface area (Å²) in [5.41, 5.74) is 0.618. The lowest BCUT2D eigenvalue weighted by Crippen LogP contribution is -2.03. The number of pyridine rings is 1. The molecule has 0 saturated carbocycles. The fourth-order valence-electron chi connectivity index (χ4n) is 2.20. The number of benzene rings is 2. The van der Waals surface area contributed by atoms with Crippen molar-refractivity contribution in [1.29, 1.82) is 0 Å². The van der Waals surface area contributed by atoms with E-state index in [-0.39, 0.29) is 23.7 Å². The van der Waals surface area contributed by atoms with Gasteiger partial charge >= 0.3 is 0 Å². The molecular weight excluding hydrogens is 344 g/mol. The minimum atomic E-state index is -0.675. The summed E-state index contributed by atoms with van der Waals surface area (Å²) in [4.78, 5) is 14.5. The zero-order valence-corrected chi connectivity index (χ0v) is 13.4. The van der Waals surface area contributed by atoms with Crippen molar-refractivity contribution >= 4 is 11.4 Å². The Balaban J connectivity index is 1.65. The Kier molecular flexibility index (Phi) is 5.02. The van der Waals surface area contributed by atoms with Crippen LogP contribution in [0.1, 0.15) is 5.56 Å². The Bertz CT molecular complexity index is 916. The van der Waals surface area contributed by atoms with Gasteiger partial charge in [0.25, 0.3) is 5.69 Å². The van der Waals surface area contributed by atoms with E-state index in [0.717, 1.165) is 17.7 Å². The van der Waals surface area contributed by atoms with Gasteiger partial charge < -0.3 is 10.1 Å². The highest BCUT2D eigenvalue weighted by atomic mass is 19.1. The third kappa shape index (κ3) is 4.29. The third-order valence-corrected chi connectivity index (χ3v) is 3.47. The van der Waals surface area contributed by atoms with Crippen LogP contribution in [0, 0.1) is 21.7 Å². The maximum atomic E-state index is 13.1. The van der Waals surface area contributed by atoms with Gasteiger partial charge in [0.1, 0.15) is 23.1 Å². The molecule has 3 rings (SSSR count). The zero-order valence-electron chi connectivity index (χ0n) is 13.4. The molecule has 132 valence electrons. The summed E-state index contributed by atoms with van der Waals surface area (Å²) in [5, 5.41) is 13.9. The van der Waals surface area contributed by atoms with Gasteiger partial charge in [-0.15, -0.1) is 0 Å². The molecule has 0 spiro atoms. The average Bonchev–Trinajstić information content (AvgIpc) is 2.63. The Morgan fingerprint density at radius 3 is 2.42 bits per heavy atom. The normalized spacial score (nSPS) is 10.4. The molecule has 0 aliphatic carbocycles. The molecule has 0 fully saturated rings. The molecule has 0 aliphatic rings. The fraction of sp³-hybridized carbons (Fsp3) is 0.0556. The number of halogens is 2. The number of hydrogen-bond donors (Lipinski definition) is 1. The first kappa shape index (κ1) is 17.3. The van der Waals surface area contributed by atoms with Gasteiger partial charge in [0, 0.05) is 18.8 Å². The SMILES string of the molecule is O=[N+]([O-])c1cc(F)ccc1NCc1ccc(Oc2ccc(F)cc2)nc1. The smallest absolute Gasteiger partial charge is 0.295 e. The molecular formula is C18H13F2N3O3. The van der Waals surface area contributed by atoms with Crippen molar-refractivity contribution in [3.63, 3.8) is 0 Å². The van der Waals surface area contributed by atoms with Gasteiger partial charge in [-0.2, -0.15) is 0 Å². The highest BCUT2D eigenvalue weighted by Crippen LogP contribution is 2.26. The van der Waals surface area contributed by atoms with Gasteiger partial charge in [0.05, 0.1) is 11.0 Å². The van der Waals surface area contributed by atoms with Crippen molar-refractivity contribution in [2.24, 2.45) is 0 Å². The van der Waals surface area contributed by atoms with Crippen molar-refractivity contribution in [2.75, 3.05) is 5.32 Å². The van der Waals surface area contributed by atoms with E-state index in [9.17, 15) is 18.9 Å². The highest BCUT2D eigenvalue weighted by Gasteiger charge is 2.14. The molecule has 26 heavy (non-hydrogen) atoms. The van der Waals surface area contributed by atoms with Gasteiger partial charge in [-0.05, 0) is 42.0 Å². The number of nitro benzene ring substituents is 1. The first-order chi connectivity index (χ1) is 12.5. The van der Waals surface area contributed by atoms with E-state index < -0.39 is 10.7 Å². The Morgan fingerprint density at radius 2 is 1.77 bits per heavy atom. The van der Waals surface area contributed by atoms with Gasteiger partial charge in [-0.3, -0.25) is 10.1 Å². The Hall–Kier alpha value is -3.55. The van der Waals surface area contributed by atoms with Crippen LogP contribution in [-0.4, -0.2) is 9.91 Å². The average molecular weight is 357 g/mol. The Labute approximate surface area is 147 Å². The van der Waals surface area contributed by atoms with E-state index in [1.54, 1.807) is 18.3 Å². The molecule has 0 amide bonds. The minimum absolute atomic E-state index is 0.211. The molecule has 1 aromatic heterocycles. The maximum absolute atomic E-state index is 13.1. The summed E-state index contributed by atoms with van der Waals surface area (Å²) in [7, 11) is 0. The summed E-state index contributed by atoms with van der Waals surface area (Å²) >= 11 is 0. The monoisotopic (exact) mass is 357 g/mol. The number of hydrogen-bond acceptors (Lipinski definition) is 5. The second-order valence-electron chi connectivity index (χ2n) is 5.33. The lowest BCUT2D eigenvalue weighted by Gasteiger charge is -2.08. The summed E-state index contributed by atoms with van der Waals surface area (Å²) in [6, 6.07) is 12.2. The van der Waals surface area contributed by atoms with Crippen LogP contribution >= 0.6 is 0 Å². The molecule has 1 heterocycles. The van der Waals surface area contributed by atoms with E-state index in [2.05, 4.69) is 10.3 Å². The number of rotatable bonds is 6. The predicted octanol–water partition coefficient (Wildman–Crippen LogP) is 4.67. The van der Waals surface area contributed by atoms with Gasteiger partial charge in [-0.1, -0.05) is 6.07 Å². The van der Waals surface area contributed by atoms with Crippen LogP contribution in [-0.2, 0) is 6.54 Å². The van der Waals surface area contributed by atoms with E-state index in [4.69, 9.17) is 4.74 Å². The van der Waals surface area contributed by atoms with Gasteiger partial charge in [0.15, 0.2) is 0 Å². The summed E-state index contributed by atoms with van der Waals surface area (Å²) in [6.07, 6.45) is 1.54. The molecule has 8 heteroatoms. The summed E-state index contributed by atoms with van der Waals surface area (Å²) in [6.45, 7) is 0.260. The number of nitrogens with one attached hydrogen (secondary N) is 1. The lowest BCUT2D eigenvalue weighted by atomic mass is 10.2. The van der Waals surface area contributed by atoms with Crippen LogP contribution in [0.4, 0.5) is 20.2 Å². The summed E-state index contributed by atoms with van der Waals surface area (Å²) in [5.74, 6) is -0.257. The number of ether oxygens (including phenoxy) is 1. The molecule has 0 saturated heterocycles. The van der Waals surface area contributed by atoms with E-state index in [1.165, 1.54) is 30.3 Å². The van der Waals surface area contributed by atoms with Crippen LogP contribution in [0.25, 0.3) is 0 Å². The molecule has 2 aromatic carbocycles. The highest BCUT2D eigenvalue weighted by molar-refractivity contribution is 5.61. The number of anilines is 1. The first-order valence-electron chi connectivity index (χ1n) is 7.57. The first-order valence-corrected chi connectivity index (χ1v) is 7.57. The summed E-state index contributed by atoms with van der Waals surface area (Å²) < 4.78 is 31.5. The quantitative estimate of drug-likeness (QED) is 0.512. The molecule has 0 bridgehead atoms. The number of aromatic nitrogens is 1. The lowest BCUT2D eigenvalue weighted by molar-refractivity contribution is -0.384. The predicted molar refractivity (Wildman–Crippen MR) is 91.1 cm³/mol. The molecule has 0 aliphatic heterocycles. The maximum Gasteiger partial charge on any atom is 0.295 e. The standard InChI is InChI=1S/C18H13F2N3O3/c19-13-2-5-15(6-3-13)26-18-8-1-12(11-22-18)10-21-16-7-4-14(20)9-17(16)23(24)25/h1-9,11,21H,10H2. The van der Waals surface area contributed by atoms with Gasteiger partial charge in [0.2, 0.25) is 5.88 Å². The van der Waals surface area contributed by atoms with Crippen LogP contribution in [0.2, 0.25) is 0 Å². The molecule has 1 N–H and O–H groups in total. The minimum Gasteiger partial charge on any atom is -0.439 e.